The van der Waals surface area contributed by atoms with Gasteiger partial charge in [0.15, 0.2) is 0 Å². The van der Waals surface area contributed by atoms with E-state index in [1.165, 1.54) is 11.1 Å². The van der Waals surface area contributed by atoms with E-state index in [1.807, 2.05) is 19.9 Å². The summed E-state index contributed by atoms with van der Waals surface area (Å²) in [6.45, 7) is 5.90. The molecule has 0 saturated heterocycles. The molecule has 1 N–H and O–H groups in total. The Balaban J connectivity index is 2.35. The first-order chi connectivity index (χ1) is 8.60. The Morgan fingerprint density at radius 3 is 2.72 bits per heavy atom. The Morgan fingerprint density at radius 2 is 2.06 bits per heavy atom. The summed E-state index contributed by atoms with van der Waals surface area (Å²) in [7, 11) is 0. The molecule has 0 amide bonds. The molecular weight excluding hydrogens is 224 g/mol. The van der Waals surface area contributed by atoms with Crippen LogP contribution in [0.5, 0.6) is 0 Å². The van der Waals surface area contributed by atoms with E-state index >= 15 is 0 Å². The third-order valence-electron chi connectivity index (χ3n) is 3.09. The number of aryl methyl sites for hydroxylation is 2. The Morgan fingerprint density at radius 1 is 1.28 bits per heavy atom. The van der Waals surface area contributed by atoms with Gasteiger partial charge in [0.25, 0.3) is 5.56 Å². The molecule has 0 aliphatic rings. The van der Waals surface area contributed by atoms with Crippen molar-refractivity contribution in [3.63, 3.8) is 0 Å². The molecule has 3 heteroatoms. The van der Waals surface area contributed by atoms with Crippen LogP contribution in [0.15, 0.2) is 29.1 Å². The summed E-state index contributed by atoms with van der Waals surface area (Å²) >= 11 is 0. The van der Waals surface area contributed by atoms with Gasteiger partial charge in [-0.1, -0.05) is 36.8 Å². The van der Waals surface area contributed by atoms with Crippen LogP contribution in [0.4, 0.5) is 0 Å². The maximum Gasteiger partial charge on any atom is 0.254 e. The predicted octanol–water partition coefficient (Wildman–Crippen LogP) is 2.54. The molecule has 2 rings (SSSR count). The van der Waals surface area contributed by atoms with Gasteiger partial charge in [0.1, 0.15) is 5.82 Å². The fourth-order valence-electron chi connectivity index (χ4n) is 2.07. The molecule has 1 heterocycles. The normalized spacial score (nSPS) is 10.6. The Hall–Kier alpha value is -1.90. The summed E-state index contributed by atoms with van der Waals surface area (Å²) < 4.78 is 0. The standard InChI is InChI=1S/C15H18N2O/c1-4-13-11(3)15(18)17-14(16-13)9-12-7-5-6-10(2)8-12/h5-8H,4,9H2,1-3H3,(H,16,17,18). The molecular formula is C15H18N2O. The van der Waals surface area contributed by atoms with Crippen molar-refractivity contribution in [1.82, 2.24) is 9.97 Å². The van der Waals surface area contributed by atoms with Gasteiger partial charge in [0.2, 0.25) is 0 Å². The smallest absolute Gasteiger partial charge is 0.254 e. The zero-order chi connectivity index (χ0) is 13.1. The van der Waals surface area contributed by atoms with Gasteiger partial charge >= 0.3 is 0 Å². The molecule has 0 radical (unpaired) electrons. The minimum absolute atomic E-state index is 0.0236. The van der Waals surface area contributed by atoms with E-state index in [2.05, 4.69) is 35.1 Å². The number of nitrogens with one attached hydrogen (secondary N) is 1. The molecule has 0 aliphatic carbocycles. The molecule has 1 aromatic heterocycles. The maximum atomic E-state index is 11.8. The van der Waals surface area contributed by atoms with E-state index in [0.29, 0.717) is 6.42 Å². The highest BCUT2D eigenvalue weighted by Gasteiger charge is 2.06. The molecule has 0 aliphatic heterocycles. The van der Waals surface area contributed by atoms with E-state index in [9.17, 15) is 4.79 Å². The lowest BCUT2D eigenvalue weighted by molar-refractivity contribution is 0.868. The molecule has 1 aromatic carbocycles. The van der Waals surface area contributed by atoms with Crippen molar-refractivity contribution in [2.45, 2.75) is 33.6 Å². The molecule has 0 saturated carbocycles. The van der Waals surface area contributed by atoms with Crippen LogP contribution < -0.4 is 5.56 Å². The fourth-order valence-corrected chi connectivity index (χ4v) is 2.07. The number of rotatable bonds is 3. The van der Waals surface area contributed by atoms with E-state index in [-0.39, 0.29) is 5.56 Å². The first-order valence-corrected chi connectivity index (χ1v) is 6.24. The monoisotopic (exact) mass is 242 g/mol. The molecule has 0 atom stereocenters. The SMILES string of the molecule is CCc1nc(Cc2cccc(C)c2)[nH]c(=O)c1C. The van der Waals surface area contributed by atoms with Crippen LogP contribution in [-0.4, -0.2) is 9.97 Å². The Kier molecular flexibility index (Phi) is 3.60. The van der Waals surface area contributed by atoms with Crippen molar-refractivity contribution in [2.24, 2.45) is 0 Å². The van der Waals surface area contributed by atoms with Gasteiger partial charge in [0, 0.05) is 12.0 Å². The van der Waals surface area contributed by atoms with Crippen molar-refractivity contribution in [2.75, 3.05) is 0 Å². The minimum Gasteiger partial charge on any atom is -0.310 e. The quantitative estimate of drug-likeness (QED) is 0.899. The van der Waals surface area contributed by atoms with E-state index in [1.54, 1.807) is 0 Å². The second-order valence-corrected chi connectivity index (χ2v) is 4.60. The molecule has 0 unspecified atom stereocenters. The molecule has 0 fully saturated rings. The van der Waals surface area contributed by atoms with Crippen LogP contribution in [0.1, 0.15) is 35.1 Å². The first kappa shape index (κ1) is 12.6. The van der Waals surface area contributed by atoms with Crippen LogP contribution in [0.25, 0.3) is 0 Å². The maximum absolute atomic E-state index is 11.8. The van der Waals surface area contributed by atoms with Crippen LogP contribution in [0.3, 0.4) is 0 Å². The zero-order valence-corrected chi connectivity index (χ0v) is 11.1. The average molecular weight is 242 g/mol. The van der Waals surface area contributed by atoms with Gasteiger partial charge in [-0.25, -0.2) is 4.98 Å². The van der Waals surface area contributed by atoms with E-state index < -0.39 is 0 Å². The molecule has 2 aromatic rings. The Labute approximate surface area is 107 Å². The van der Waals surface area contributed by atoms with Gasteiger partial charge in [-0.05, 0) is 25.8 Å². The van der Waals surface area contributed by atoms with Gasteiger partial charge in [0.05, 0.1) is 5.69 Å². The van der Waals surface area contributed by atoms with Crippen LogP contribution in [-0.2, 0) is 12.8 Å². The molecule has 94 valence electrons. The van der Waals surface area contributed by atoms with Crippen molar-refractivity contribution in [3.8, 4) is 0 Å². The summed E-state index contributed by atoms with van der Waals surface area (Å²) in [5.74, 6) is 0.744. The molecule has 18 heavy (non-hydrogen) atoms. The Bertz CT molecular complexity index is 614. The fraction of sp³-hybridized carbons (Fsp3) is 0.333. The second kappa shape index (κ2) is 5.17. The third kappa shape index (κ3) is 2.67. The summed E-state index contributed by atoms with van der Waals surface area (Å²) in [6, 6.07) is 8.26. The largest absolute Gasteiger partial charge is 0.310 e. The summed E-state index contributed by atoms with van der Waals surface area (Å²) in [4.78, 5) is 19.2. The lowest BCUT2D eigenvalue weighted by Gasteiger charge is -2.06. The topological polar surface area (TPSA) is 45.8 Å². The van der Waals surface area contributed by atoms with Gasteiger partial charge < -0.3 is 4.98 Å². The predicted molar refractivity (Wildman–Crippen MR) is 73.0 cm³/mol. The van der Waals surface area contributed by atoms with Crippen molar-refractivity contribution < 1.29 is 0 Å². The lowest BCUT2D eigenvalue weighted by Crippen LogP contribution is -2.17. The van der Waals surface area contributed by atoms with Crippen LogP contribution in [0, 0.1) is 13.8 Å². The summed E-state index contributed by atoms with van der Waals surface area (Å²) in [5.41, 5.74) is 3.98. The van der Waals surface area contributed by atoms with E-state index in [0.717, 1.165) is 23.5 Å². The molecule has 0 bridgehead atoms. The highest BCUT2D eigenvalue weighted by molar-refractivity contribution is 5.25. The highest BCUT2D eigenvalue weighted by Crippen LogP contribution is 2.09. The van der Waals surface area contributed by atoms with Gasteiger partial charge in [-0.15, -0.1) is 0 Å². The second-order valence-electron chi connectivity index (χ2n) is 4.60. The van der Waals surface area contributed by atoms with Gasteiger partial charge in [-0.2, -0.15) is 0 Å². The summed E-state index contributed by atoms with van der Waals surface area (Å²) in [5, 5.41) is 0. The number of hydrogen-bond acceptors (Lipinski definition) is 2. The van der Waals surface area contributed by atoms with Gasteiger partial charge in [-0.3, -0.25) is 4.79 Å². The first-order valence-electron chi connectivity index (χ1n) is 6.24. The number of hydrogen-bond donors (Lipinski definition) is 1. The van der Waals surface area contributed by atoms with Crippen LogP contribution in [0.2, 0.25) is 0 Å². The minimum atomic E-state index is -0.0236. The van der Waals surface area contributed by atoms with Crippen LogP contribution >= 0.6 is 0 Å². The molecule has 3 nitrogen and oxygen atoms in total. The molecule has 0 spiro atoms. The number of benzene rings is 1. The number of H-pyrrole nitrogens is 1. The van der Waals surface area contributed by atoms with E-state index in [4.69, 9.17) is 0 Å². The van der Waals surface area contributed by atoms with Crippen molar-refractivity contribution in [3.05, 3.63) is 62.8 Å². The average Bonchev–Trinajstić information content (AvgIpc) is 2.33. The number of nitrogens with zero attached hydrogens (tertiary/aromatic N) is 1. The lowest BCUT2D eigenvalue weighted by atomic mass is 10.1. The van der Waals surface area contributed by atoms with Crippen molar-refractivity contribution in [1.29, 1.82) is 0 Å². The summed E-state index contributed by atoms with van der Waals surface area (Å²) in [6.07, 6.45) is 1.46. The highest BCUT2D eigenvalue weighted by atomic mass is 16.1. The number of aromatic nitrogens is 2. The zero-order valence-electron chi connectivity index (χ0n) is 11.1. The number of aromatic amines is 1. The third-order valence-corrected chi connectivity index (χ3v) is 3.09. The van der Waals surface area contributed by atoms with Crippen molar-refractivity contribution >= 4 is 0 Å².